The minimum atomic E-state index is -0.480. The molecule has 1 amide bonds. The number of benzene rings is 1. The number of pyridine rings is 1. The van der Waals surface area contributed by atoms with Crippen LogP contribution in [0.3, 0.4) is 0 Å². The largest absolute Gasteiger partial charge is 0.486 e. The number of ether oxygens (including phenoxy) is 1. The monoisotopic (exact) mass is 357 g/mol. The van der Waals surface area contributed by atoms with Gasteiger partial charge in [-0.15, -0.1) is 0 Å². The van der Waals surface area contributed by atoms with Gasteiger partial charge in [0.2, 0.25) is 0 Å². The van der Waals surface area contributed by atoms with Crippen molar-refractivity contribution in [1.82, 2.24) is 10.3 Å². The number of carbonyl (C=O) groups is 1. The number of hydrogen-bond donors (Lipinski definition) is 2. The van der Waals surface area contributed by atoms with Crippen LogP contribution < -0.4 is 15.8 Å². The van der Waals surface area contributed by atoms with E-state index in [2.05, 4.69) is 17.2 Å². The number of nitrogens with zero attached hydrogens (tertiary/aromatic N) is 1. The highest BCUT2D eigenvalue weighted by atomic mass is 19.1. The molecule has 0 saturated carbocycles. The Morgan fingerprint density at radius 1 is 1.31 bits per heavy atom. The van der Waals surface area contributed by atoms with Crippen molar-refractivity contribution in [3.63, 3.8) is 0 Å². The number of halogens is 1. The minimum Gasteiger partial charge on any atom is -0.486 e. The summed E-state index contributed by atoms with van der Waals surface area (Å²) in [5, 5.41) is 2.66. The number of unbranched alkanes of at least 4 members (excludes halogenated alkanes) is 1. The number of carbonyl (C=O) groups excluding carboxylic acids is 1. The summed E-state index contributed by atoms with van der Waals surface area (Å²) in [6.45, 7) is 4.21. The molecule has 26 heavy (non-hydrogen) atoms. The molecule has 1 heterocycles. The summed E-state index contributed by atoms with van der Waals surface area (Å²) in [6, 6.07) is 8.16. The molecule has 3 N–H and O–H groups in total. The molecule has 0 aliphatic carbocycles. The Balaban J connectivity index is 1.99. The number of nitrogens with one attached hydrogen (secondary N) is 1. The van der Waals surface area contributed by atoms with Crippen LogP contribution in [0.1, 0.15) is 41.4 Å². The molecule has 1 aromatic heterocycles. The minimum absolute atomic E-state index is 0.0286. The fourth-order valence-electron chi connectivity index (χ4n) is 2.33. The number of nitrogen functional groups attached to an aromatic ring is 1. The van der Waals surface area contributed by atoms with E-state index in [9.17, 15) is 9.18 Å². The van der Waals surface area contributed by atoms with Gasteiger partial charge in [0.05, 0.1) is 5.56 Å². The number of aryl methyl sites for hydroxylation is 1. The van der Waals surface area contributed by atoms with Crippen molar-refractivity contribution in [3.05, 3.63) is 65.1 Å². The van der Waals surface area contributed by atoms with Gasteiger partial charge < -0.3 is 15.8 Å². The zero-order valence-electron chi connectivity index (χ0n) is 15.1. The van der Waals surface area contributed by atoms with Crippen LogP contribution in [0.15, 0.2) is 42.5 Å². The molecule has 0 atom stereocenters. The molecule has 5 nitrogen and oxygen atoms in total. The van der Waals surface area contributed by atoms with Gasteiger partial charge in [-0.25, -0.2) is 9.37 Å². The lowest BCUT2D eigenvalue weighted by Crippen LogP contribution is -2.24. The number of hydrogen-bond acceptors (Lipinski definition) is 4. The van der Waals surface area contributed by atoms with E-state index >= 15 is 0 Å². The molecule has 6 heteroatoms. The number of nitrogens with two attached hydrogens (primary N) is 1. The summed E-state index contributed by atoms with van der Waals surface area (Å²) in [4.78, 5) is 16.3. The summed E-state index contributed by atoms with van der Waals surface area (Å²) in [5.74, 6) is -0.566. The third kappa shape index (κ3) is 5.31. The summed E-state index contributed by atoms with van der Waals surface area (Å²) in [6.07, 6.45) is 5.89. The Kier molecular flexibility index (Phi) is 7.14. The first-order valence-electron chi connectivity index (χ1n) is 8.59. The average Bonchev–Trinajstić information content (AvgIpc) is 2.61. The SMILES string of the molecule is CCCC=CCOc1cccc(CNC(=O)c2ccc(C)nc2N)c1F. The standard InChI is InChI=1S/C20H24FN3O2/c1-3-4-5-6-12-26-17-9-7-8-15(18(17)21)13-23-20(25)16-11-10-14(2)24-19(16)22/h5-11H,3-4,12-13H2,1-2H3,(H2,22,24)(H,23,25). The van der Waals surface area contributed by atoms with E-state index in [-0.39, 0.29) is 23.7 Å². The van der Waals surface area contributed by atoms with Crippen LogP contribution in [-0.4, -0.2) is 17.5 Å². The van der Waals surface area contributed by atoms with Crippen molar-refractivity contribution in [2.75, 3.05) is 12.3 Å². The third-order valence-electron chi connectivity index (χ3n) is 3.75. The van der Waals surface area contributed by atoms with Crippen molar-refractivity contribution < 1.29 is 13.9 Å². The molecule has 0 aliphatic heterocycles. The fourth-order valence-corrected chi connectivity index (χ4v) is 2.33. The van der Waals surface area contributed by atoms with E-state index in [0.29, 0.717) is 12.2 Å². The lowest BCUT2D eigenvalue weighted by molar-refractivity contribution is 0.0951. The average molecular weight is 357 g/mol. The van der Waals surface area contributed by atoms with Gasteiger partial charge in [-0.2, -0.15) is 0 Å². The Hall–Kier alpha value is -2.89. The predicted octanol–water partition coefficient (Wildman–Crippen LogP) is 3.78. The Morgan fingerprint density at radius 2 is 2.12 bits per heavy atom. The van der Waals surface area contributed by atoms with Crippen LogP contribution in [0.5, 0.6) is 5.75 Å². The number of aromatic nitrogens is 1. The van der Waals surface area contributed by atoms with Gasteiger partial charge in [-0.05, 0) is 31.5 Å². The smallest absolute Gasteiger partial charge is 0.255 e. The lowest BCUT2D eigenvalue weighted by atomic mass is 10.1. The Labute approximate surface area is 153 Å². The first-order chi connectivity index (χ1) is 12.5. The van der Waals surface area contributed by atoms with Crippen molar-refractivity contribution in [2.24, 2.45) is 0 Å². The van der Waals surface area contributed by atoms with E-state index in [1.807, 2.05) is 12.2 Å². The molecule has 0 saturated heterocycles. The molecule has 0 aliphatic rings. The van der Waals surface area contributed by atoms with Gasteiger partial charge in [0.15, 0.2) is 11.6 Å². The molecule has 0 bridgehead atoms. The number of anilines is 1. The van der Waals surface area contributed by atoms with Crippen molar-refractivity contribution >= 4 is 11.7 Å². The second-order valence-electron chi connectivity index (χ2n) is 5.87. The van der Waals surface area contributed by atoms with Crippen molar-refractivity contribution in [2.45, 2.75) is 33.2 Å². The van der Waals surface area contributed by atoms with Gasteiger partial charge in [0.25, 0.3) is 5.91 Å². The summed E-state index contributed by atoms with van der Waals surface area (Å²) < 4.78 is 19.9. The molecule has 1 aromatic carbocycles. The van der Waals surface area contributed by atoms with Crippen molar-refractivity contribution in [1.29, 1.82) is 0 Å². The highest BCUT2D eigenvalue weighted by molar-refractivity contribution is 5.98. The highest BCUT2D eigenvalue weighted by Gasteiger charge is 2.13. The normalized spacial score (nSPS) is 10.9. The number of allylic oxidation sites excluding steroid dienone is 1. The highest BCUT2D eigenvalue weighted by Crippen LogP contribution is 2.20. The molecule has 138 valence electrons. The Bertz CT molecular complexity index is 791. The van der Waals surface area contributed by atoms with Gasteiger partial charge in [0, 0.05) is 17.8 Å². The maximum absolute atomic E-state index is 14.5. The summed E-state index contributed by atoms with van der Waals surface area (Å²) in [5.41, 5.74) is 7.10. The van der Waals surface area contributed by atoms with Gasteiger partial charge in [0.1, 0.15) is 12.4 Å². The second kappa shape index (κ2) is 9.56. The maximum Gasteiger partial charge on any atom is 0.255 e. The van der Waals surface area contributed by atoms with Crippen LogP contribution in [0.25, 0.3) is 0 Å². The van der Waals surface area contributed by atoms with E-state index in [1.54, 1.807) is 37.3 Å². The number of rotatable bonds is 8. The van der Waals surface area contributed by atoms with Crippen LogP contribution in [0.4, 0.5) is 10.2 Å². The molecule has 0 radical (unpaired) electrons. The second-order valence-corrected chi connectivity index (χ2v) is 5.87. The zero-order valence-corrected chi connectivity index (χ0v) is 15.1. The molecular formula is C20H24FN3O2. The maximum atomic E-state index is 14.5. The molecule has 2 rings (SSSR count). The number of amides is 1. The molecular weight excluding hydrogens is 333 g/mol. The Morgan fingerprint density at radius 3 is 2.85 bits per heavy atom. The molecule has 0 fully saturated rings. The summed E-state index contributed by atoms with van der Waals surface area (Å²) >= 11 is 0. The predicted molar refractivity (Wildman–Crippen MR) is 100 cm³/mol. The van der Waals surface area contributed by atoms with Crippen molar-refractivity contribution in [3.8, 4) is 5.75 Å². The van der Waals surface area contributed by atoms with E-state index in [0.717, 1.165) is 18.5 Å². The molecule has 0 spiro atoms. The molecule has 0 unspecified atom stereocenters. The lowest BCUT2D eigenvalue weighted by Gasteiger charge is -2.11. The first kappa shape index (κ1) is 19.4. The van der Waals surface area contributed by atoms with Gasteiger partial charge in [-0.1, -0.05) is 37.6 Å². The fraction of sp³-hybridized carbons (Fsp3) is 0.300. The third-order valence-corrected chi connectivity index (χ3v) is 3.75. The van der Waals surface area contributed by atoms with Gasteiger partial charge >= 0.3 is 0 Å². The summed E-state index contributed by atoms with van der Waals surface area (Å²) in [7, 11) is 0. The van der Waals surface area contributed by atoms with Crippen LogP contribution in [-0.2, 0) is 6.54 Å². The van der Waals surface area contributed by atoms with E-state index in [4.69, 9.17) is 10.5 Å². The first-order valence-corrected chi connectivity index (χ1v) is 8.59. The van der Waals surface area contributed by atoms with E-state index in [1.165, 1.54) is 0 Å². The van der Waals surface area contributed by atoms with Crippen LogP contribution >= 0.6 is 0 Å². The topological polar surface area (TPSA) is 77.2 Å². The van der Waals surface area contributed by atoms with E-state index < -0.39 is 11.7 Å². The molecule has 2 aromatic rings. The quantitative estimate of drug-likeness (QED) is 0.705. The van der Waals surface area contributed by atoms with Gasteiger partial charge in [-0.3, -0.25) is 4.79 Å². The van der Waals surface area contributed by atoms with Crippen LogP contribution in [0, 0.1) is 12.7 Å². The van der Waals surface area contributed by atoms with Crippen LogP contribution in [0.2, 0.25) is 0 Å². The zero-order chi connectivity index (χ0) is 18.9.